The highest BCUT2D eigenvalue weighted by Gasteiger charge is 2.15. The third-order valence-electron chi connectivity index (χ3n) is 6.26. The predicted molar refractivity (Wildman–Crippen MR) is 127 cm³/mol. The largest absolute Gasteiger partial charge is 0.309 e. The fourth-order valence-electron chi connectivity index (χ4n) is 4.50. The van der Waals surface area contributed by atoms with Crippen molar-refractivity contribution in [3.8, 4) is 5.69 Å². The molecule has 3 aromatic carbocycles. The lowest BCUT2D eigenvalue weighted by Gasteiger charge is -2.12. The van der Waals surface area contributed by atoms with Crippen LogP contribution in [0.4, 0.5) is 0 Å². The van der Waals surface area contributed by atoms with E-state index < -0.39 is 0 Å². The average molecular weight is 384 g/mol. The fourth-order valence-corrected chi connectivity index (χ4v) is 4.50. The second-order valence-corrected chi connectivity index (χ2v) is 8.59. The van der Waals surface area contributed by atoms with Crippen molar-refractivity contribution in [2.45, 2.75) is 65.7 Å². The number of nitrogens with zero attached hydrogens (tertiary/aromatic N) is 1. The maximum absolute atomic E-state index is 2.45. The number of hydrogen-bond acceptors (Lipinski definition) is 0. The molecule has 1 nitrogen and oxygen atoms in total. The van der Waals surface area contributed by atoms with Crippen LogP contribution in [0.2, 0.25) is 0 Å². The van der Waals surface area contributed by atoms with E-state index in [0.717, 1.165) is 6.42 Å². The van der Waals surface area contributed by atoms with Crippen molar-refractivity contribution in [2.24, 2.45) is 0 Å². The van der Waals surface area contributed by atoms with Crippen LogP contribution < -0.4 is 0 Å². The molecule has 0 bridgehead atoms. The normalized spacial score (nSPS) is 12.7. The molecular formula is C28H33N. The molecule has 0 N–H and O–H groups in total. The lowest BCUT2D eigenvalue weighted by Crippen LogP contribution is -1.95. The second-order valence-electron chi connectivity index (χ2n) is 8.59. The Morgan fingerprint density at radius 2 is 1.48 bits per heavy atom. The van der Waals surface area contributed by atoms with Gasteiger partial charge in [0.2, 0.25) is 0 Å². The van der Waals surface area contributed by atoms with E-state index in [2.05, 4.69) is 92.9 Å². The molecule has 0 aliphatic carbocycles. The Balaban J connectivity index is 1.96. The highest BCUT2D eigenvalue weighted by molar-refractivity contribution is 6.09. The van der Waals surface area contributed by atoms with Crippen LogP contribution in [-0.2, 0) is 6.42 Å². The smallest absolute Gasteiger partial charge is 0.0541 e. The molecule has 1 heterocycles. The van der Waals surface area contributed by atoms with Crippen molar-refractivity contribution < 1.29 is 0 Å². The van der Waals surface area contributed by atoms with Crippen LogP contribution in [0.1, 0.15) is 69.1 Å². The molecule has 0 saturated carbocycles. The first kappa shape index (κ1) is 19.8. The summed E-state index contributed by atoms with van der Waals surface area (Å²) in [5.74, 6) is 0.602. The monoisotopic (exact) mass is 383 g/mol. The molecule has 0 radical (unpaired) electrons. The topological polar surface area (TPSA) is 4.93 Å². The number of fused-ring (bicyclic) bond motifs is 3. The Morgan fingerprint density at radius 3 is 2.17 bits per heavy atom. The zero-order valence-electron chi connectivity index (χ0n) is 18.3. The van der Waals surface area contributed by atoms with Crippen LogP contribution in [0.15, 0.2) is 60.7 Å². The van der Waals surface area contributed by atoms with E-state index in [0.29, 0.717) is 5.92 Å². The average Bonchev–Trinajstić information content (AvgIpc) is 3.06. The maximum atomic E-state index is 2.45. The summed E-state index contributed by atoms with van der Waals surface area (Å²) in [6.45, 7) is 9.05. The Bertz CT molecular complexity index is 1110. The first-order valence-electron chi connectivity index (χ1n) is 11.3. The van der Waals surface area contributed by atoms with Gasteiger partial charge in [-0.15, -0.1) is 0 Å². The summed E-state index contributed by atoms with van der Waals surface area (Å²) >= 11 is 0. The Morgan fingerprint density at radius 1 is 0.793 bits per heavy atom. The fraction of sp³-hybridized carbons (Fsp3) is 0.357. The van der Waals surface area contributed by atoms with Crippen molar-refractivity contribution in [3.63, 3.8) is 0 Å². The van der Waals surface area contributed by atoms with Gasteiger partial charge in [0.1, 0.15) is 0 Å². The molecule has 1 atom stereocenters. The molecule has 4 aromatic rings. The van der Waals surface area contributed by atoms with Crippen molar-refractivity contribution >= 4 is 21.8 Å². The minimum atomic E-state index is 0.602. The molecule has 1 heteroatoms. The summed E-state index contributed by atoms with van der Waals surface area (Å²) in [5.41, 5.74) is 8.07. The van der Waals surface area contributed by atoms with Crippen LogP contribution in [0.5, 0.6) is 0 Å². The Hall–Kier alpha value is -2.54. The number of unbranched alkanes of at least 4 members (excludes halogenated alkanes) is 1. The van der Waals surface area contributed by atoms with Crippen molar-refractivity contribution in [1.29, 1.82) is 0 Å². The molecule has 0 aliphatic rings. The van der Waals surface area contributed by atoms with Crippen molar-refractivity contribution in [1.82, 2.24) is 4.57 Å². The van der Waals surface area contributed by atoms with E-state index in [9.17, 15) is 0 Å². The molecule has 150 valence electrons. The summed E-state index contributed by atoms with van der Waals surface area (Å²) in [7, 11) is 0. The molecular weight excluding hydrogens is 350 g/mol. The molecule has 0 fully saturated rings. The zero-order valence-corrected chi connectivity index (χ0v) is 18.3. The van der Waals surface area contributed by atoms with Crippen LogP contribution in [0.3, 0.4) is 0 Å². The van der Waals surface area contributed by atoms with Gasteiger partial charge >= 0.3 is 0 Å². The molecule has 0 aliphatic heterocycles. The number of aryl methyl sites for hydroxylation is 2. The van der Waals surface area contributed by atoms with Crippen molar-refractivity contribution in [3.05, 3.63) is 77.4 Å². The van der Waals surface area contributed by atoms with E-state index in [4.69, 9.17) is 0 Å². The van der Waals surface area contributed by atoms with E-state index in [-0.39, 0.29) is 0 Å². The number of aromatic nitrogens is 1. The van der Waals surface area contributed by atoms with Crippen LogP contribution in [-0.4, -0.2) is 4.57 Å². The molecule has 0 saturated heterocycles. The van der Waals surface area contributed by atoms with Crippen LogP contribution >= 0.6 is 0 Å². The molecule has 4 rings (SSSR count). The number of hydrogen-bond donors (Lipinski definition) is 0. The third kappa shape index (κ3) is 3.83. The van der Waals surface area contributed by atoms with Gasteiger partial charge in [0, 0.05) is 16.5 Å². The van der Waals surface area contributed by atoms with E-state index in [1.165, 1.54) is 69.9 Å². The highest BCUT2D eigenvalue weighted by Crippen LogP contribution is 2.35. The van der Waals surface area contributed by atoms with Crippen molar-refractivity contribution in [2.75, 3.05) is 0 Å². The second kappa shape index (κ2) is 8.45. The highest BCUT2D eigenvalue weighted by atomic mass is 15.0. The zero-order chi connectivity index (χ0) is 20.4. The van der Waals surface area contributed by atoms with Gasteiger partial charge in [0.05, 0.1) is 11.0 Å². The van der Waals surface area contributed by atoms with Gasteiger partial charge in [-0.25, -0.2) is 0 Å². The van der Waals surface area contributed by atoms with Gasteiger partial charge in [-0.1, -0.05) is 63.4 Å². The van der Waals surface area contributed by atoms with Crippen LogP contribution in [0, 0.1) is 6.92 Å². The summed E-state index contributed by atoms with van der Waals surface area (Å²) in [6, 6.07) is 23.1. The van der Waals surface area contributed by atoms with Gasteiger partial charge in [-0.3, -0.25) is 0 Å². The minimum absolute atomic E-state index is 0.602. The summed E-state index contributed by atoms with van der Waals surface area (Å²) < 4.78 is 2.43. The molecule has 1 aromatic heterocycles. The molecule has 29 heavy (non-hydrogen) atoms. The molecule has 0 amide bonds. The molecule has 1 unspecified atom stereocenters. The first-order chi connectivity index (χ1) is 14.1. The van der Waals surface area contributed by atoms with E-state index in [1.54, 1.807) is 0 Å². The quantitative estimate of drug-likeness (QED) is 0.302. The third-order valence-corrected chi connectivity index (χ3v) is 6.26. The standard InChI is InChI=1S/C28H33N/c1-5-7-9-22-12-16-27-25(18-22)26-19-23(21(4)8-6-2)13-17-28(26)29(27)24-14-10-20(3)11-15-24/h10-19,21H,5-9H2,1-4H3. The lowest BCUT2D eigenvalue weighted by atomic mass is 9.95. The van der Waals surface area contributed by atoms with Gasteiger partial charge in [0.15, 0.2) is 0 Å². The SMILES string of the molecule is CCCCc1ccc2c(c1)c1cc(C(C)CCC)ccc1n2-c1ccc(C)cc1. The minimum Gasteiger partial charge on any atom is -0.309 e. The van der Waals surface area contributed by atoms with Gasteiger partial charge in [-0.05, 0) is 79.6 Å². The summed E-state index contributed by atoms with van der Waals surface area (Å²) in [5, 5.41) is 2.78. The lowest BCUT2D eigenvalue weighted by molar-refractivity contribution is 0.665. The van der Waals surface area contributed by atoms with E-state index >= 15 is 0 Å². The van der Waals surface area contributed by atoms with E-state index in [1.807, 2.05) is 0 Å². The van der Waals surface area contributed by atoms with Gasteiger partial charge < -0.3 is 4.57 Å². The van der Waals surface area contributed by atoms with Crippen LogP contribution in [0.25, 0.3) is 27.5 Å². The van der Waals surface area contributed by atoms with Gasteiger partial charge in [0.25, 0.3) is 0 Å². The Labute approximate surface area is 175 Å². The summed E-state index contributed by atoms with van der Waals surface area (Å²) in [6.07, 6.45) is 6.12. The Kier molecular flexibility index (Phi) is 5.76. The number of rotatable bonds is 7. The molecule has 0 spiro atoms. The first-order valence-corrected chi connectivity index (χ1v) is 11.3. The predicted octanol–water partition coefficient (Wildman–Crippen LogP) is 8.34. The number of benzene rings is 3. The summed E-state index contributed by atoms with van der Waals surface area (Å²) in [4.78, 5) is 0. The maximum Gasteiger partial charge on any atom is 0.0541 e. The van der Waals surface area contributed by atoms with Gasteiger partial charge in [-0.2, -0.15) is 0 Å².